The molecule has 5 aromatic carbocycles. The fraction of sp³-hybridized carbons (Fsp3) is 0.277. The van der Waals surface area contributed by atoms with Crippen LogP contribution in [-0.2, 0) is 46.1 Å². The minimum atomic E-state index is -0.711. The van der Waals surface area contributed by atoms with E-state index in [1.807, 2.05) is 172 Å². The van der Waals surface area contributed by atoms with Crippen LogP contribution in [0.15, 0.2) is 194 Å². The third kappa shape index (κ3) is 19.6. The van der Waals surface area contributed by atoms with Crippen molar-refractivity contribution in [2.75, 3.05) is 35.2 Å². The molecule has 5 amide bonds. The van der Waals surface area contributed by atoms with Crippen molar-refractivity contribution in [3.63, 3.8) is 0 Å². The summed E-state index contributed by atoms with van der Waals surface area (Å²) >= 11 is 4.86. The molecule has 610 valence electrons. The molecule has 6 atom stereocenters. The van der Waals surface area contributed by atoms with E-state index < -0.39 is 22.2 Å². The van der Waals surface area contributed by atoms with Crippen molar-refractivity contribution in [1.82, 2.24) is 44.1 Å². The van der Waals surface area contributed by atoms with Crippen LogP contribution in [0.3, 0.4) is 0 Å². The van der Waals surface area contributed by atoms with Crippen LogP contribution in [-0.4, -0.2) is 139 Å². The molecule has 0 spiro atoms. The maximum Gasteiger partial charge on any atom is 0.231 e. The number of guanidine groups is 4. The maximum absolute atomic E-state index is 12.3. The van der Waals surface area contributed by atoms with E-state index in [1.54, 1.807) is 91.7 Å². The van der Waals surface area contributed by atoms with Crippen LogP contribution in [0.1, 0.15) is 160 Å². The summed E-state index contributed by atoms with van der Waals surface area (Å²) in [5, 5.41) is 23.3. The lowest BCUT2D eigenvalue weighted by molar-refractivity contribution is -0.132. The molecule has 5 aliphatic heterocycles. The second kappa shape index (κ2) is 36.9. The van der Waals surface area contributed by atoms with Crippen molar-refractivity contribution in [2.24, 2.45) is 48.8 Å². The van der Waals surface area contributed by atoms with Crippen molar-refractivity contribution >= 4 is 93.2 Å². The largest absolute Gasteiger partial charge is 0.369 e. The Bertz CT molecular complexity index is 5970. The zero-order valence-corrected chi connectivity index (χ0v) is 72.3. The average molecular weight is 1650 g/mol. The topological polar surface area (TPSA) is 315 Å². The Hall–Kier alpha value is -13.7. The Morgan fingerprint density at radius 2 is 0.833 bits per heavy atom. The van der Waals surface area contributed by atoms with Crippen LogP contribution < -0.4 is 22.9 Å². The molecule has 0 unspecified atom stereocenters. The molecule has 23 nitrogen and oxygen atoms in total. The Morgan fingerprint density at radius 3 is 1.27 bits per heavy atom. The Labute approximate surface area is 713 Å². The van der Waals surface area contributed by atoms with Crippen molar-refractivity contribution in [2.45, 2.75) is 129 Å². The first kappa shape index (κ1) is 87.2. The van der Waals surface area contributed by atoms with E-state index in [0.717, 1.165) is 99.1 Å². The normalized spacial score (nSPS) is 20.5. The SMILES string of the molecule is C#Cc1cccc(-c2csc([C@]3(C)CC(=O)N(C)C(N)=N3)c2)c1.CC#Cc1cccc(-c2csc([C@H]3CC(=N)N(C)C(=O)[C@@H]3C)c2)c1.CC#Cc1cccc(-c2csc([C@]3(C)CC(=O)N(C)C(N)=N3)c2)c1.CC#Cc1cccc(-n2cc([C@]3(C)CC(=O)N(C)C(N)=N3)c(C)n2)c1.CC#Cc1cccc(-n2cc([C@]3(C)CC(=O)N(C)C(N)=N3)cn2)c1. The number of aliphatic imine (C=N–C) groups is 4. The average Bonchev–Trinajstić information content (AvgIpc) is 1.56. The van der Waals surface area contributed by atoms with Gasteiger partial charge in [0.25, 0.3) is 0 Å². The number of nitrogens with zero attached hydrogens (tertiary/aromatic N) is 13. The summed E-state index contributed by atoms with van der Waals surface area (Å²) in [6.45, 7) is 18.9. The number of aromatic nitrogens is 4. The minimum Gasteiger partial charge on any atom is -0.369 e. The number of piperidine rings is 1. The zero-order chi connectivity index (χ0) is 86.7. The van der Waals surface area contributed by atoms with E-state index in [2.05, 4.69) is 142 Å². The van der Waals surface area contributed by atoms with Crippen molar-refractivity contribution < 1.29 is 24.0 Å². The van der Waals surface area contributed by atoms with Gasteiger partial charge in [0, 0.05) is 119 Å². The third-order valence-electron chi connectivity index (χ3n) is 21.4. The molecular weight excluding hydrogens is 1560 g/mol. The lowest BCUT2D eigenvalue weighted by Gasteiger charge is -2.33. The standard InChI is InChI=1S/C20H20N2OS.C19H21N5O.C19H19N3OS.C18H19N5O.C18H17N3OS/c1-4-6-14-7-5-8-15(9-14)16-10-18(24-12-16)17-11-19(21)22(3)20(23)13(17)2;1-5-7-14-8-6-9-15(10-14)24-12-16(13(2)22-24)19(3)11-17(25)23(4)18(20)21-19;1-4-6-13-7-5-8-14(9-13)15-10-16(24-12-15)19(2)11-17(23)22(3)18(20)21-19;1-4-6-13-7-5-8-15(9-13)23-12-14(11-20-23)18(2)10-16(24)22(3)17(19)21-18;1-4-12-6-5-7-13(8-12)14-9-15(23-11-14)18(2)10-16(22)21(3)17(19)20-18/h5,7-10,12-13,17,21H,11H2,1-3H3;6,8-10,12H,11H2,1-4H3,(H2,20,21);5,7-10,12H,11H2,1-3H3,(H2,20,21);5,7-9,11-12H,10H2,1-3H3,(H2,19,21);1,5-9,11H,10H2,2-3H3,(H2,19,20)/t13-,17+;2*19-;2*18-/m10000/s1. The fourth-order valence-electron chi connectivity index (χ4n) is 14.2. The molecule has 10 aromatic rings. The van der Waals surface area contributed by atoms with Gasteiger partial charge in [-0.1, -0.05) is 85.1 Å². The van der Waals surface area contributed by atoms with E-state index in [1.165, 1.54) is 29.4 Å². The van der Waals surface area contributed by atoms with E-state index in [9.17, 15) is 24.0 Å². The molecule has 0 aliphatic carbocycles. The molecule has 9 N–H and O–H groups in total. The van der Waals surface area contributed by atoms with Gasteiger partial charge in [-0.3, -0.25) is 49.0 Å². The van der Waals surface area contributed by atoms with Crippen molar-refractivity contribution in [3.8, 4) is 104 Å². The number of hydrogen-bond donors (Lipinski definition) is 5. The minimum absolute atomic E-state index is 0.0137. The number of carbonyl (C=O) groups excluding carboxylic acids is 5. The summed E-state index contributed by atoms with van der Waals surface area (Å²) < 4.78 is 3.56. The summed E-state index contributed by atoms with van der Waals surface area (Å²) in [5.41, 5.74) is 36.6. The summed E-state index contributed by atoms with van der Waals surface area (Å²) in [4.78, 5) is 89.3. The highest BCUT2D eigenvalue weighted by molar-refractivity contribution is 7.11. The monoisotopic (exact) mass is 1650 g/mol. The number of carbonyl (C=O) groups is 5. The lowest BCUT2D eigenvalue weighted by Crippen LogP contribution is -2.47. The van der Waals surface area contributed by atoms with Crippen LogP contribution in [0, 0.1) is 78.0 Å². The number of terminal acetylenes is 1. The Balaban J connectivity index is 0.000000147. The Morgan fingerprint density at radius 1 is 0.458 bits per heavy atom. The van der Waals surface area contributed by atoms with Crippen LogP contribution in [0.5, 0.6) is 0 Å². The zero-order valence-electron chi connectivity index (χ0n) is 69.9. The summed E-state index contributed by atoms with van der Waals surface area (Å²) in [5.74, 6) is 27.8. The number of hydrogen-bond acceptors (Lipinski definition) is 19. The number of amidine groups is 1. The molecule has 26 heteroatoms. The number of benzene rings is 5. The van der Waals surface area contributed by atoms with Gasteiger partial charge in [-0.25, -0.2) is 29.3 Å². The molecule has 5 aromatic heterocycles. The molecule has 1 fully saturated rings. The second-order valence-corrected chi connectivity index (χ2v) is 33.1. The summed E-state index contributed by atoms with van der Waals surface area (Å²) in [7, 11) is 8.26. The molecule has 0 saturated carbocycles. The van der Waals surface area contributed by atoms with Gasteiger partial charge in [-0.2, -0.15) is 10.2 Å². The van der Waals surface area contributed by atoms with Gasteiger partial charge >= 0.3 is 0 Å². The van der Waals surface area contributed by atoms with Gasteiger partial charge in [0.2, 0.25) is 29.5 Å². The van der Waals surface area contributed by atoms with Crippen molar-refractivity contribution in [1.29, 1.82) is 5.41 Å². The maximum atomic E-state index is 12.3. The van der Waals surface area contributed by atoms with Crippen LogP contribution >= 0.6 is 34.0 Å². The molecular formula is C94H96N18O5S3. The summed E-state index contributed by atoms with van der Waals surface area (Å²) in [6, 6.07) is 46.2. The van der Waals surface area contributed by atoms with Gasteiger partial charge in [0.1, 0.15) is 16.9 Å². The number of nitrogens with two attached hydrogens (primary N) is 4. The number of thiophene rings is 3. The molecule has 10 heterocycles. The fourth-order valence-corrected chi connectivity index (χ4v) is 17.4. The number of rotatable bonds is 10. The molecule has 15 rings (SSSR count). The van der Waals surface area contributed by atoms with Gasteiger partial charge in [-0.15, -0.1) is 64.1 Å². The highest BCUT2D eigenvalue weighted by Crippen LogP contribution is 2.44. The first-order chi connectivity index (χ1) is 57.1. The number of nitrogens with one attached hydrogen (secondary N) is 1. The Kier molecular flexibility index (Phi) is 26.8. The van der Waals surface area contributed by atoms with Crippen LogP contribution in [0.2, 0.25) is 0 Å². The first-order valence-corrected chi connectivity index (χ1v) is 41.2. The van der Waals surface area contributed by atoms with Crippen LogP contribution in [0.4, 0.5) is 0 Å². The number of likely N-dealkylation sites (tertiary alicyclic amines) is 1. The molecule has 120 heavy (non-hydrogen) atoms. The molecule has 1 saturated heterocycles. The van der Waals surface area contributed by atoms with E-state index in [-0.39, 0.29) is 78.1 Å². The lowest BCUT2D eigenvalue weighted by atomic mass is 9.84. The van der Waals surface area contributed by atoms with Gasteiger partial charge in [-0.05, 0) is 203 Å². The second-order valence-electron chi connectivity index (χ2n) is 30.3. The molecule has 5 aliphatic rings. The van der Waals surface area contributed by atoms with Gasteiger partial charge in [0.15, 0.2) is 23.8 Å². The highest BCUT2D eigenvalue weighted by atomic mass is 32.1. The predicted molar refractivity (Wildman–Crippen MR) is 482 cm³/mol. The van der Waals surface area contributed by atoms with E-state index >= 15 is 0 Å². The predicted octanol–water partition coefficient (Wildman–Crippen LogP) is 13.9. The third-order valence-corrected chi connectivity index (χ3v) is 24.9. The number of amides is 5. The van der Waals surface area contributed by atoms with Crippen LogP contribution in [0.25, 0.3) is 44.8 Å². The van der Waals surface area contributed by atoms with Gasteiger partial charge in [0.05, 0.1) is 60.0 Å². The quantitative estimate of drug-likeness (QED) is 0.0801. The number of aryl methyl sites for hydroxylation is 1. The van der Waals surface area contributed by atoms with Crippen molar-refractivity contribution in [3.05, 3.63) is 234 Å². The molecule has 0 radical (unpaired) electrons. The van der Waals surface area contributed by atoms with E-state index in [4.69, 9.17) is 34.8 Å². The highest BCUT2D eigenvalue weighted by Gasteiger charge is 2.42. The smallest absolute Gasteiger partial charge is 0.231 e. The first-order valence-electron chi connectivity index (χ1n) is 38.5. The van der Waals surface area contributed by atoms with E-state index in [0.29, 0.717) is 25.1 Å². The van der Waals surface area contributed by atoms with Gasteiger partial charge < -0.3 is 27.8 Å². The molecule has 0 bridgehead atoms. The summed E-state index contributed by atoms with van der Waals surface area (Å²) in [6.07, 6.45) is 12.8.